The Bertz CT molecular complexity index is 1930. The van der Waals surface area contributed by atoms with Gasteiger partial charge in [0.2, 0.25) is 15.2 Å². The molecule has 13 heteroatoms. The summed E-state index contributed by atoms with van der Waals surface area (Å²) in [4.78, 5) is 23.9. The summed E-state index contributed by atoms with van der Waals surface area (Å²) < 4.78 is 40.1. The van der Waals surface area contributed by atoms with Crippen molar-refractivity contribution in [1.82, 2.24) is 24.7 Å². The van der Waals surface area contributed by atoms with Crippen molar-refractivity contribution >= 4 is 27.3 Å². The average molecular weight is 605 g/mol. The Balaban J connectivity index is 1.52. The quantitative estimate of drug-likeness (QED) is 0.243. The van der Waals surface area contributed by atoms with Crippen molar-refractivity contribution in [3.8, 4) is 27.5 Å². The van der Waals surface area contributed by atoms with Gasteiger partial charge in [0.25, 0.3) is 0 Å². The third kappa shape index (κ3) is 5.71. The number of primary sulfonamides is 1. The molecule has 0 spiro atoms. The number of rotatable bonds is 9. The van der Waals surface area contributed by atoms with Crippen LogP contribution in [0.5, 0.6) is 0 Å². The van der Waals surface area contributed by atoms with Gasteiger partial charge in [0.15, 0.2) is 5.69 Å². The highest BCUT2D eigenvalue weighted by Crippen LogP contribution is 2.39. The van der Waals surface area contributed by atoms with Crippen LogP contribution in [0.15, 0.2) is 65.1 Å². The van der Waals surface area contributed by atoms with Gasteiger partial charge in [-0.2, -0.15) is 5.10 Å². The van der Waals surface area contributed by atoms with Gasteiger partial charge in [0.1, 0.15) is 16.5 Å². The van der Waals surface area contributed by atoms with Crippen molar-refractivity contribution in [3.63, 3.8) is 0 Å². The SMILES string of the molecule is Cc1ncc(-c2cccc(-c3nn(-c4nc(C(=O)O)cs4)c(CC4CC4)c3Cc3ccc(S(N)(=O)=O)c(F)c3)c2)cn1. The molecule has 3 heterocycles. The zero-order valence-electron chi connectivity index (χ0n) is 22.4. The van der Waals surface area contributed by atoms with Crippen LogP contribution in [-0.4, -0.2) is 44.2 Å². The molecule has 3 N–H and O–H groups in total. The molecule has 1 saturated carbocycles. The van der Waals surface area contributed by atoms with E-state index in [0.717, 1.165) is 40.8 Å². The van der Waals surface area contributed by atoms with E-state index in [2.05, 4.69) is 15.0 Å². The smallest absolute Gasteiger partial charge is 0.355 e. The van der Waals surface area contributed by atoms with E-state index in [1.165, 1.54) is 34.9 Å². The van der Waals surface area contributed by atoms with Gasteiger partial charge in [-0.25, -0.2) is 42.4 Å². The highest BCUT2D eigenvalue weighted by molar-refractivity contribution is 7.89. The number of carboxylic acids is 1. The van der Waals surface area contributed by atoms with Crippen LogP contribution in [0.1, 0.15) is 46.0 Å². The maximum absolute atomic E-state index is 14.9. The molecule has 5 aromatic rings. The predicted octanol–water partition coefficient (Wildman–Crippen LogP) is 4.79. The Labute approximate surface area is 244 Å². The van der Waals surface area contributed by atoms with Crippen LogP contribution in [0, 0.1) is 18.7 Å². The number of nitrogens with zero attached hydrogens (tertiary/aromatic N) is 5. The lowest BCUT2D eigenvalue weighted by Gasteiger charge is -2.10. The molecular formula is C29H25FN6O4S2. The number of aromatic carboxylic acids is 1. The maximum Gasteiger partial charge on any atom is 0.355 e. The summed E-state index contributed by atoms with van der Waals surface area (Å²) in [6, 6.07) is 11.6. The van der Waals surface area contributed by atoms with Crippen LogP contribution in [0.2, 0.25) is 0 Å². The molecule has 1 fully saturated rings. The lowest BCUT2D eigenvalue weighted by molar-refractivity contribution is 0.0691. The lowest BCUT2D eigenvalue weighted by Crippen LogP contribution is -2.14. The second kappa shape index (κ2) is 10.8. The summed E-state index contributed by atoms with van der Waals surface area (Å²) >= 11 is 1.18. The summed E-state index contributed by atoms with van der Waals surface area (Å²) in [6.45, 7) is 1.81. The third-order valence-corrected chi connectivity index (χ3v) is 8.86. The Hall–Kier alpha value is -4.33. The number of halogens is 1. The molecule has 1 aliphatic carbocycles. The molecule has 0 bridgehead atoms. The van der Waals surface area contributed by atoms with Crippen LogP contribution in [0.25, 0.3) is 27.5 Å². The van der Waals surface area contributed by atoms with Gasteiger partial charge in [-0.1, -0.05) is 24.3 Å². The fourth-order valence-corrected chi connectivity index (χ4v) is 6.16. The normalized spacial score (nSPS) is 13.4. The molecule has 0 aliphatic heterocycles. The minimum Gasteiger partial charge on any atom is -0.476 e. The number of carboxylic acid groups (broad SMARTS) is 1. The van der Waals surface area contributed by atoms with Crippen molar-refractivity contribution in [3.05, 3.63) is 94.4 Å². The van der Waals surface area contributed by atoms with Crippen LogP contribution in [0.3, 0.4) is 0 Å². The number of aromatic nitrogens is 5. The van der Waals surface area contributed by atoms with Crippen molar-refractivity contribution < 1.29 is 22.7 Å². The number of nitrogens with two attached hydrogens (primary N) is 1. The van der Waals surface area contributed by atoms with E-state index in [4.69, 9.17) is 10.2 Å². The number of hydrogen-bond donors (Lipinski definition) is 2. The molecule has 0 amide bonds. The molecule has 2 aromatic carbocycles. The zero-order valence-corrected chi connectivity index (χ0v) is 24.0. The van der Waals surface area contributed by atoms with E-state index in [9.17, 15) is 22.7 Å². The first kappa shape index (κ1) is 27.8. The Morgan fingerprint density at radius 1 is 1.12 bits per heavy atom. The summed E-state index contributed by atoms with van der Waals surface area (Å²) in [6.07, 6.45) is 6.52. The van der Waals surface area contributed by atoms with Crippen molar-refractivity contribution in [1.29, 1.82) is 0 Å². The Kier molecular flexibility index (Phi) is 7.17. The largest absolute Gasteiger partial charge is 0.476 e. The minimum absolute atomic E-state index is 0.0759. The van der Waals surface area contributed by atoms with Crippen LogP contribution < -0.4 is 5.14 Å². The summed E-state index contributed by atoms with van der Waals surface area (Å²) in [7, 11) is -4.22. The van der Waals surface area contributed by atoms with Crippen LogP contribution in [0.4, 0.5) is 4.39 Å². The fraction of sp³-hybridized carbons (Fsp3) is 0.207. The first-order valence-electron chi connectivity index (χ1n) is 13.1. The second-order valence-corrected chi connectivity index (χ2v) is 12.6. The molecule has 0 radical (unpaired) electrons. The van der Waals surface area contributed by atoms with Gasteiger partial charge >= 0.3 is 5.97 Å². The van der Waals surface area contributed by atoms with Crippen molar-refractivity contribution in [2.45, 2.75) is 37.5 Å². The van der Waals surface area contributed by atoms with E-state index in [1.54, 1.807) is 17.1 Å². The standard InChI is InChI=1S/C29H25FN6O4S2/c1-16-32-13-21(14-33-16)19-3-2-4-20(12-19)27-22(9-18-7-8-26(23(30)10-18)42(31,39)40)25(11-17-5-6-17)36(35-27)29-34-24(15-41-29)28(37)38/h2-4,7-8,10,12-15,17H,5-6,9,11H2,1H3,(H,37,38)(H2,31,39,40). The van der Waals surface area contributed by atoms with Crippen LogP contribution in [-0.2, 0) is 22.9 Å². The molecule has 0 saturated heterocycles. The fourth-order valence-electron chi connectivity index (χ4n) is 4.80. The molecule has 6 rings (SSSR count). The lowest BCUT2D eigenvalue weighted by atomic mass is 9.95. The molecule has 10 nitrogen and oxygen atoms in total. The summed E-state index contributed by atoms with van der Waals surface area (Å²) in [5.41, 5.74) is 5.24. The predicted molar refractivity (Wildman–Crippen MR) is 154 cm³/mol. The average Bonchev–Trinajstić information content (AvgIpc) is 3.50. The molecular weight excluding hydrogens is 579 g/mol. The highest BCUT2D eigenvalue weighted by atomic mass is 32.2. The summed E-state index contributed by atoms with van der Waals surface area (Å²) in [5, 5.41) is 21.5. The van der Waals surface area contributed by atoms with E-state index >= 15 is 0 Å². The van der Waals surface area contributed by atoms with E-state index < -0.39 is 26.7 Å². The van der Waals surface area contributed by atoms with Crippen LogP contribution >= 0.6 is 11.3 Å². The zero-order chi connectivity index (χ0) is 29.6. The van der Waals surface area contributed by atoms with Gasteiger partial charge in [0.05, 0.1) is 11.4 Å². The van der Waals surface area contributed by atoms with Gasteiger partial charge < -0.3 is 5.11 Å². The Morgan fingerprint density at radius 3 is 2.50 bits per heavy atom. The van der Waals surface area contributed by atoms with Crippen molar-refractivity contribution in [2.24, 2.45) is 11.1 Å². The molecule has 42 heavy (non-hydrogen) atoms. The van der Waals surface area contributed by atoms with Gasteiger partial charge in [-0.15, -0.1) is 11.3 Å². The highest BCUT2D eigenvalue weighted by Gasteiger charge is 2.29. The van der Waals surface area contributed by atoms with E-state index in [0.29, 0.717) is 34.6 Å². The molecule has 1 aliphatic rings. The van der Waals surface area contributed by atoms with Crippen molar-refractivity contribution in [2.75, 3.05) is 0 Å². The number of thiazole rings is 1. The first-order chi connectivity index (χ1) is 20.1. The monoisotopic (exact) mass is 604 g/mol. The first-order valence-corrected chi connectivity index (χ1v) is 15.5. The number of carbonyl (C=O) groups is 1. The molecule has 0 unspecified atom stereocenters. The number of hydrogen-bond acceptors (Lipinski definition) is 8. The summed E-state index contributed by atoms with van der Waals surface area (Å²) in [5.74, 6) is -0.971. The third-order valence-electron chi connectivity index (χ3n) is 7.10. The number of aryl methyl sites for hydroxylation is 1. The number of benzene rings is 2. The van der Waals surface area contributed by atoms with Gasteiger partial charge in [-0.05, 0) is 61.4 Å². The van der Waals surface area contributed by atoms with Gasteiger partial charge in [-0.3, -0.25) is 0 Å². The van der Waals surface area contributed by atoms with Gasteiger partial charge in [0, 0.05) is 40.9 Å². The minimum atomic E-state index is -4.22. The Morgan fingerprint density at radius 2 is 1.86 bits per heavy atom. The van der Waals surface area contributed by atoms with E-state index in [1.807, 2.05) is 31.2 Å². The maximum atomic E-state index is 14.9. The number of sulfonamides is 1. The second-order valence-electron chi connectivity index (χ2n) is 10.2. The topological polar surface area (TPSA) is 154 Å². The molecule has 3 aromatic heterocycles. The van der Waals surface area contributed by atoms with E-state index in [-0.39, 0.29) is 12.1 Å². The molecule has 214 valence electrons. The molecule has 0 atom stereocenters.